The van der Waals surface area contributed by atoms with Gasteiger partial charge in [-0.15, -0.1) is 0 Å². The van der Waals surface area contributed by atoms with Crippen LogP contribution in [0.15, 0.2) is 34.2 Å². The number of aromatic amines is 1. The molecule has 2 saturated heterocycles. The van der Waals surface area contributed by atoms with Gasteiger partial charge in [0, 0.05) is 31.3 Å². The molecule has 1 aromatic carbocycles. The molecular weight excluding hydrogens is 360 g/mol. The van der Waals surface area contributed by atoms with E-state index in [1.807, 2.05) is 23.1 Å². The first-order chi connectivity index (χ1) is 13.2. The molecule has 7 heteroatoms. The van der Waals surface area contributed by atoms with Crippen molar-refractivity contribution in [2.75, 3.05) is 32.7 Å². The lowest BCUT2D eigenvalue weighted by molar-refractivity contribution is -0.127. The van der Waals surface area contributed by atoms with Gasteiger partial charge in [-0.2, -0.15) is 0 Å². The Morgan fingerprint density at radius 3 is 2.63 bits per heavy atom. The second-order valence-electron chi connectivity index (χ2n) is 7.43. The number of benzene rings is 1. The number of amides is 1. The van der Waals surface area contributed by atoms with E-state index in [9.17, 15) is 9.59 Å². The molecule has 0 radical (unpaired) electrons. The van der Waals surface area contributed by atoms with Gasteiger partial charge in [-0.05, 0) is 44.5 Å². The highest BCUT2D eigenvalue weighted by molar-refractivity contribution is 7.99. The predicted molar refractivity (Wildman–Crippen MR) is 108 cm³/mol. The number of thioether (sulfide) groups is 1. The number of piperidine rings is 1. The second kappa shape index (κ2) is 8.44. The van der Waals surface area contributed by atoms with Gasteiger partial charge in [-0.25, -0.2) is 4.98 Å². The molecule has 3 heterocycles. The van der Waals surface area contributed by atoms with E-state index in [1.54, 1.807) is 17.8 Å². The molecular formula is C20H26N4O2S. The average molecular weight is 387 g/mol. The molecule has 0 bridgehead atoms. The Morgan fingerprint density at radius 2 is 1.85 bits per heavy atom. The number of nitrogens with one attached hydrogen (secondary N) is 1. The molecule has 0 aliphatic carbocycles. The lowest BCUT2D eigenvalue weighted by Gasteiger charge is -2.31. The SMILES string of the molecule is O=C1CCCN1C[C@@H](CN1CCCCC1)Sc1nc2ccccc2c(=O)[nH]1. The zero-order valence-electron chi connectivity index (χ0n) is 15.5. The fourth-order valence-electron chi connectivity index (χ4n) is 3.98. The van der Waals surface area contributed by atoms with Crippen molar-refractivity contribution in [3.05, 3.63) is 34.6 Å². The third-order valence-corrected chi connectivity index (χ3v) is 6.42. The summed E-state index contributed by atoms with van der Waals surface area (Å²) in [5, 5.41) is 1.46. The highest BCUT2D eigenvalue weighted by Gasteiger charge is 2.26. The van der Waals surface area contributed by atoms with Crippen LogP contribution in [-0.2, 0) is 4.79 Å². The molecule has 1 amide bonds. The van der Waals surface area contributed by atoms with E-state index in [0.29, 0.717) is 17.0 Å². The number of hydrogen-bond donors (Lipinski definition) is 1. The molecule has 2 fully saturated rings. The van der Waals surface area contributed by atoms with E-state index in [4.69, 9.17) is 0 Å². The van der Waals surface area contributed by atoms with Crippen molar-refractivity contribution in [2.45, 2.75) is 42.5 Å². The lowest BCUT2D eigenvalue weighted by Crippen LogP contribution is -2.41. The van der Waals surface area contributed by atoms with Crippen LogP contribution in [0.5, 0.6) is 0 Å². The summed E-state index contributed by atoms with van der Waals surface area (Å²) in [5.41, 5.74) is 0.620. The number of nitrogens with zero attached hydrogens (tertiary/aromatic N) is 3. The van der Waals surface area contributed by atoms with Gasteiger partial charge in [0.25, 0.3) is 5.56 Å². The topological polar surface area (TPSA) is 69.3 Å². The summed E-state index contributed by atoms with van der Waals surface area (Å²) in [5.74, 6) is 0.249. The minimum atomic E-state index is -0.0999. The zero-order valence-corrected chi connectivity index (χ0v) is 16.3. The molecule has 1 atom stereocenters. The number of carbonyl (C=O) groups is 1. The summed E-state index contributed by atoms with van der Waals surface area (Å²) >= 11 is 1.60. The summed E-state index contributed by atoms with van der Waals surface area (Å²) in [6.07, 6.45) is 5.39. The second-order valence-corrected chi connectivity index (χ2v) is 8.72. The molecule has 0 spiro atoms. The van der Waals surface area contributed by atoms with Gasteiger partial charge in [0.2, 0.25) is 5.91 Å². The Morgan fingerprint density at radius 1 is 1.04 bits per heavy atom. The van der Waals surface area contributed by atoms with Crippen LogP contribution >= 0.6 is 11.8 Å². The number of H-pyrrole nitrogens is 1. The molecule has 2 aromatic rings. The van der Waals surface area contributed by atoms with Gasteiger partial charge in [0.15, 0.2) is 5.16 Å². The molecule has 6 nitrogen and oxygen atoms in total. The fourth-order valence-corrected chi connectivity index (χ4v) is 5.14. The monoisotopic (exact) mass is 386 g/mol. The van der Waals surface area contributed by atoms with Crippen LogP contribution in [0.2, 0.25) is 0 Å². The Kier molecular flexibility index (Phi) is 5.78. The molecule has 0 saturated carbocycles. The Balaban J connectivity index is 1.53. The predicted octanol–water partition coefficient (Wildman–Crippen LogP) is 2.49. The molecule has 144 valence electrons. The summed E-state index contributed by atoms with van der Waals surface area (Å²) in [6.45, 7) is 4.72. The molecule has 1 aromatic heterocycles. The van der Waals surface area contributed by atoms with Crippen LogP contribution in [0.3, 0.4) is 0 Å². The largest absolute Gasteiger partial charge is 0.342 e. The van der Waals surface area contributed by atoms with E-state index >= 15 is 0 Å². The number of carbonyl (C=O) groups excluding carboxylic acids is 1. The summed E-state index contributed by atoms with van der Waals surface area (Å²) in [7, 11) is 0. The van der Waals surface area contributed by atoms with Crippen molar-refractivity contribution in [2.24, 2.45) is 0 Å². The van der Waals surface area contributed by atoms with E-state index in [2.05, 4.69) is 14.9 Å². The summed E-state index contributed by atoms with van der Waals surface area (Å²) in [6, 6.07) is 7.42. The minimum absolute atomic E-state index is 0.0999. The van der Waals surface area contributed by atoms with Crippen LogP contribution in [0.1, 0.15) is 32.1 Å². The average Bonchev–Trinajstić information content (AvgIpc) is 3.07. The number of aromatic nitrogens is 2. The molecule has 0 unspecified atom stereocenters. The van der Waals surface area contributed by atoms with Crippen LogP contribution in [0.4, 0.5) is 0 Å². The van der Waals surface area contributed by atoms with Crippen molar-refractivity contribution in [1.82, 2.24) is 19.8 Å². The van der Waals surface area contributed by atoms with Gasteiger partial charge < -0.3 is 14.8 Å². The third-order valence-electron chi connectivity index (χ3n) is 5.38. The van der Waals surface area contributed by atoms with Crippen LogP contribution < -0.4 is 5.56 Å². The molecule has 4 rings (SSSR count). The van der Waals surface area contributed by atoms with Gasteiger partial charge in [0.05, 0.1) is 10.9 Å². The van der Waals surface area contributed by atoms with Gasteiger partial charge in [-0.3, -0.25) is 9.59 Å². The van der Waals surface area contributed by atoms with Gasteiger partial charge in [0.1, 0.15) is 0 Å². The number of para-hydroxylation sites is 1. The van der Waals surface area contributed by atoms with Gasteiger partial charge >= 0.3 is 0 Å². The fraction of sp³-hybridized carbons (Fsp3) is 0.550. The highest BCUT2D eigenvalue weighted by atomic mass is 32.2. The smallest absolute Gasteiger partial charge is 0.259 e. The Labute approximate surface area is 163 Å². The summed E-state index contributed by atoms with van der Waals surface area (Å²) in [4.78, 5) is 36.5. The van der Waals surface area contributed by atoms with Crippen LogP contribution in [0, 0.1) is 0 Å². The van der Waals surface area contributed by atoms with Crippen molar-refractivity contribution < 1.29 is 4.79 Å². The third kappa shape index (κ3) is 4.52. The normalized spacial score (nSPS) is 19.7. The van der Waals surface area contributed by atoms with E-state index in [-0.39, 0.29) is 16.7 Å². The number of likely N-dealkylation sites (tertiary alicyclic amines) is 2. The first-order valence-electron chi connectivity index (χ1n) is 9.85. The lowest BCUT2D eigenvalue weighted by atomic mass is 10.1. The zero-order chi connectivity index (χ0) is 18.6. The molecule has 1 N–H and O–H groups in total. The van der Waals surface area contributed by atoms with Crippen LogP contribution in [-0.4, -0.2) is 63.6 Å². The van der Waals surface area contributed by atoms with Gasteiger partial charge in [-0.1, -0.05) is 30.3 Å². The quantitative estimate of drug-likeness (QED) is 0.610. The first-order valence-corrected chi connectivity index (χ1v) is 10.7. The maximum absolute atomic E-state index is 12.4. The Bertz CT molecular complexity index is 862. The highest BCUT2D eigenvalue weighted by Crippen LogP contribution is 2.25. The molecule has 27 heavy (non-hydrogen) atoms. The first kappa shape index (κ1) is 18.5. The number of hydrogen-bond acceptors (Lipinski definition) is 5. The maximum Gasteiger partial charge on any atom is 0.259 e. The van der Waals surface area contributed by atoms with E-state index in [1.165, 1.54) is 19.3 Å². The summed E-state index contributed by atoms with van der Waals surface area (Å²) < 4.78 is 0. The maximum atomic E-state index is 12.4. The number of rotatable bonds is 6. The van der Waals surface area contributed by atoms with E-state index < -0.39 is 0 Å². The van der Waals surface area contributed by atoms with Crippen molar-refractivity contribution in [3.63, 3.8) is 0 Å². The van der Waals surface area contributed by atoms with Crippen LogP contribution in [0.25, 0.3) is 10.9 Å². The van der Waals surface area contributed by atoms with Crippen molar-refractivity contribution in [3.8, 4) is 0 Å². The molecule has 2 aliphatic heterocycles. The van der Waals surface area contributed by atoms with Crippen molar-refractivity contribution in [1.29, 1.82) is 0 Å². The Hall–Kier alpha value is -1.86. The standard InChI is InChI=1S/C20H26N4O2S/c25-18-9-6-12-24(18)14-15(13-23-10-4-1-5-11-23)27-20-21-17-8-3-2-7-16(17)19(26)22-20/h2-3,7-8,15H,1,4-6,9-14H2,(H,21,22,26)/t15-/m1/s1. The van der Waals surface area contributed by atoms with Crippen molar-refractivity contribution >= 4 is 28.6 Å². The van der Waals surface area contributed by atoms with E-state index in [0.717, 1.165) is 44.7 Å². The minimum Gasteiger partial charge on any atom is -0.342 e. The molecule has 2 aliphatic rings. The number of fused-ring (bicyclic) bond motifs is 1.